The van der Waals surface area contributed by atoms with Crippen molar-refractivity contribution < 1.29 is 27.1 Å². The Labute approximate surface area is 196 Å². The lowest BCUT2D eigenvalue weighted by molar-refractivity contribution is 0.0484. The van der Waals surface area contributed by atoms with E-state index >= 15 is 0 Å². The summed E-state index contributed by atoms with van der Waals surface area (Å²) in [5, 5.41) is 2.76. The van der Waals surface area contributed by atoms with Crippen LogP contribution >= 0.6 is 0 Å². The van der Waals surface area contributed by atoms with E-state index in [-0.39, 0.29) is 16.9 Å². The molecule has 0 radical (unpaired) electrons. The van der Waals surface area contributed by atoms with Crippen LogP contribution in [-0.4, -0.2) is 32.1 Å². The quantitative estimate of drug-likeness (QED) is 0.427. The lowest BCUT2D eigenvalue weighted by Gasteiger charge is -2.27. The standard InChI is InChI=1S/C24H34N2O6S/c1-15(2)31-22(26-33(28,29)20-14-16(3)11-12-17(20)4)18(5)21(19-10-9-13-30-19)25-23(27)32-24(6,7)8/h9-15,18,21H,1-8H3,(H,25,27)/b26-22-/t18-,21+/m1/s1. The van der Waals surface area contributed by atoms with Gasteiger partial charge in [0.15, 0.2) is 0 Å². The minimum atomic E-state index is -4.07. The van der Waals surface area contributed by atoms with Crippen molar-refractivity contribution in [3.8, 4) is 0 Å². The lowest BCUT2D eigenvalue weighted by atomic mass is 9.99. The molecule has 0 aliphatic carbocycles. The van der Waals surface area contributed by atoms with Crippen LogP contribution in [0.3, 0.4) is 0 Å². The van der Waals surface area contributed by atoms with Gasteiger partial charge in [0.25, 0.3) is 10.0 Å². The number of amides is 1. The van der Waals surface area contributed by atoms with E-state index in [4.69, 9.17) is 13.9 Å². The zero-order valence-corrected chi connectivity index (χ0v) is 21.3. The number of alkyl carbamates (subject to hydrolysis) is 1. The number of ether oxygens (including phenoxy) is 2. The molecule has 1 aromatic carbocycles. The van der Waals surface area contributed by atoms with Gasteiger partial charge < -0.3 is 19.2 Å². The number of carbonyl (C=O) groups excluding carboxylic acids is 1. The molecule has 8 nitrogen and oxygen atoms in total. The molecule has 9 heteroatoms. The number of benzene rings is 1. The van der Waals surface area contributed by atoms with E-state index in [0.717, 1.165) is 5.56 Å². The van der Waals surface area contributed by atoms with Crippen molar-refractivity contribution >= 4 is 22.0 Å². The van der Waals surface area contributed by atoms with Crippen molar-refractivity contribution in [3.05, 3.63) is 53.5 Å². The van der Waals surface area contributed by atoms with Crippen LogP contribution in [0.4, 0.5) is 4.79 Å². The number of carbonyl (C=O) groups is 1. The van der Waals surface area contributed by atoms with Crippen LogP contribution in [-0.2, 0) is 19.5 Å². The lowest BCUT2D eigenvalue weighted by Crippen LogP contribution is -2.40. The number of furan rings is 1. The van der Waals surface area contributed by atoms with Crippen LogP contribution in [0.25, 0.3) is 0 Å². The summed E-state index contributed by atoms with van der Waals surface area (Å²) < 4.78 is 47.2. The average molecular weight is 479 g/mol. The molecule has 0 saturated carbocycles. The highest BCUT2D eigenvalue weighted by atomic mass is 32.2. The smallest absolute Gasteiger partial charge is 0.408 e. The largest absolute Gasteiger partial charge is 0.477 e. The highest BCUT2D eigenvalue weighted by Gasteiger charge is 2.33. The van der Waals surface area contributed by atoms with E-state index < -0.39 is 33.7 Å². The molecule has 2 aromatic rings. The fraction of sp³-hybridized carbons (Fsp3) is 0.500. The van der Waals surface area contributed by atoms with Gasteiger partial charge in [0.1, 0.15) is 17.4 Å². The first-order chi connectivity index (χ1) is 15.2. The maximum Gasteiger partial charge on any atom is 0.408 e. The number of rotatable bonds is 7. The SMILES string of the molecule is Cc1ccc(C)c(S(=O)(=O)/N=C(\OC(C)C)[C@H](C)[C@H](NC(=O)OC(C)(C)C)c2ccco2)c1. The summed E-state index contributed by atoms with van der Waals surface area (Å²) >= 11 is 0. The second-order valence-corrected chi connectivity index (χ2v) is 10.8. The van der Waals surface area contributed by atoms with E-state index in [1.807, 2.05) is 13.0 Å². The van der Waals surface area contributed by atoms with Crippen molar-refractivity contribution in [2.45, 2.75) is 78.0 Å². The second-order valence-electron chi connectivity index (χ2n) is 9.27. The summed E-state index contributed by atoms with van der Waals surface area (Å²) in [5.41, 5.74) is 0.669. The number of hydrogen-bond donors (Lipinski definition) is 1. The molecule has 0 aliphatic rings. The first-order valence-corrected chi connectivity index (χ1v) is 12.3. The number of hydrogen-bond acceptors (Lipinski definition) is 6. The van der Waals surface area contributed by atoms with Crippen LogP contribution in [0.2, 0.25) is 0 Å². The van der Waals surface area contributed by atoms with Gasteiger partial charge in [-0.3, -0.25) is 0 Å². The monoisotopic (exact) mass is 478 g/mol. The summed E-state index contributed by atoms with van der Waals surface area (Å²) in [6.07, 6.45) is 0.453. The molecule has 1 N–H and O–H groups in total. The van der Waals surface area contributed by atoms with Crippen molar-refractivity contribution in [3.63, 3.8) is 0 Å². The zero-order chi connectivity index (χ0) is 25.0. The molecule has 1 heterocycles. The molecular formula is C24H34N2O6S. The number of sulfonamides is 1. The molecule has 1 amide bonds. The van der Waals surface area contributed by atoms with Crippen molar-refractivity contribution in [2.75, 3.05) is 0 Å². The minimum Gasteiger partial charge on any atom is -0.477 e. The maximum atomic E-state index is 13.2. The van der Waals surface area contributed by atoms with Crippen LogP contribution in [0.5, 0.6) is 0 Å². The average Bonchev–Trinajstić information content (AvgIpc) is 3.19. The Balaban J connectivity index is 2.50. The van der Waals surface area contributed by atoms with Gasteiger partial charge in [0, 0.05) is 0 Å². The molecule has 0 spiro atoms. The van der Waals surface area contributed by atoms with Gasteiger partial charge in [0.05, 0.1) is 23.2 Å². The normalized spacial score (nSPS) is 14.6. The van der Waals surface area contributed by atoms with Crippen molar-refractivity contribution in [1.82, 2.24) is 5.32 Å². The van der Waals surface area contributed by atoms with Crippen LogP contribution in [0.15, 0.2) is 50.3 Å². The highest BCUT2D eigenvalue weighted by Crippen LogP contribution is 2.28. The van der Waals surface area contributed by atoms with Gasteiger partial charge >= 0.3 is 6.09 Å². The number of nitrogens with zero attached hydrogens (tertiary/aromatic N) is 1. The fourth-order valence-corrected chi connectivity index (χ4v) is 4.45. The molecule has 0 unspecified atom stereocenters. The Morgan fingerprint density at radius 1 is 1.12 bits per heavy atom. The summed E-state index contributed by atoms with van der Waals surface area (Å²) in [6.45, 7) is 14.0. The predicted molar refractivity (Wildman–Crippen MR) is 127 cm³/mol. The molecule has 2 rings (SSSR count). The fourth-order valence-electron chi connectivity index (χ4n) is 3.09. The molecule has 33 heavy (non-hydrogen) atoms. The third-order valence-corrected chi connectivity index (χ3v) is 6.02. The summed E-state index contributed by atoms with van der Waals surface area (Å²) in [5.74, 6) is -0.313. The minimum absolute atomic E-state index is 0.0386. The Kier molecular flexibility index (Phi) is 8.35. The Morgan fingerprint density at radius 2 is 1.79 bits per heavy atom. The van der Waals surface area contributed by atoms with Gasteiger partial charge in [-0.1, -0.05) is 19.1 Å². The number of nitrogens with one attached hydrogen (secondary N) is 1. The van der Waals surface area contributed by atoms with E-state index in [9.17, 15) is 13.2 Å². The molecule has 0 fully saturated rings. The zero-order valence-electron chi connectivity index (χ0n) is 20.5. The first-order valence-electron chi connectivity index (χ1n) is 10.8. The Hall–Kier alpha value is -2.81. The Bertz CT molecular complexity index is 1080. The summed E-state index contributed by atoms with van der Waals surface area (Å²) in [7, 11) is -4.07. The van der Waals surface area contributed by atoms with E-state index in [1.165, 1.54) is 6.26 Å². The Morgan fingerprint density at radius 3 is 2.33 bits per heavy atom. The number of aryl methyl sites for hydroxylation is 2. The van der Waals surface area contributed by atoms with Gasteiger partial charge in [-0.2, -0.15) is 8.42 Å². The van der Waals surface area contributed by atoms with E-state index in [2.05, 4.69) is 9.71 Å². The van der Waals surface area contributed by atoms with E-state index in [0.29, 0.717) is 11.3 Å². The van der Waals surface area contributed by atoms with Crippen LogP contribution < -0.4 is 5.32 Å². The van der Waals surface area contributed by atoms with E-state index in [1.54, 1.807) is 72.7 Å². The third-order valence-electron chi connectivity index (χ3n) is 4.60. The predicted octanol–water partition coefficient (Wildman–Crippen LogP) is 5.31. The molecule has 182 valence electrons. The molecule has 0 bridgehead atoms. The van der Waals surface area contributed by atoms with Crippen LogP contribution in [0, 0.1) is 19.8 Å². The van der Waals surface area contributed by atoms with Gasteiger partial charge in [-0.25, -0.2) is 4.79 Å². The van der Waals surface area contributed by atoms with Crippen molar-refractivity contribution in [1.29, 1.82) is 0 Å². The van der Waals surface area contributed by atoms with Crippen molar-refractivity contribution in [2.24, 2.45) is 10.3 Å². The topological polar surface area (TPSA) is 107 Å². The maximum absolute atomic E-state index is 13.2. The molecule has 2 atom stereocenters. The summed E-state index contributed by atoms with van der Waals surface area (Å²) in [4.78, 5) is 12.6. The third kappa shape index (κ3) is 7.63. The van der Waals surface area contributed by atoms with Crippen LogP contribution in [0.1, 0.15) is 64.5 Å². The molecule has 1 aromatic heterocycles. The molecule has 0 aliphatic heterocycles. The van der Waals surface area contributed by atoms with Gasteiger partial charge in [0.2, 0.25) is 5.90 Å². The van der Waals surface area contributed by atoms with Gasteiger partial charge in [-0.05, 0) is 77.8 Å². The van der Waals surface area contributed by atoms with Gasteiger partial charge in [-0.15, -0.1) is 4.40 Å². The summed E-state index contributed by atoms with van der Waals surface area (Å²) in [6, 6.07) is 7.74. The molecule has 0 saturated heterocycles. The molecular weight excluding hydrogens is 444 g/mol. The first kappa shape index (κ1) is 26.4. The second kappa shape index (κ2) is 10.4. The highest BCUT2D eigenvalue weighted by molar-refractivity contribution is 7.90.